The van der Waals surface area contributed by atoms with E-state index >= 15 is 0 Å². The molecule has 0 aliphatic rings. The molecule has 0 atom stereocenters. The quantitative estimate of drug-likeness (QED) is 0.655. The van der Waals surface area contributed by atoms with Gasteiger partial charge in [-0.1, -0.05) is 29.8 Å². The summed E-state index contributed by atoms with van der Waals surface area (Å²) in [6.45, 7) is 0.940. The van der Waals surface area contributed by atoms with Gasteiger partial charge in [0, 0.05) is 35.3 Å². The Balaban J connectivity index is 2.05. The first-order valence-electron chi connectivity index (χ1n) is 6.37. The number of halogens is 1. The van der Waals surface area contributed by atoms with Gasteiger partial charge in [0.1, 0.15) is 5.75 Å². The van der Waals surface area contributed by atoms with E-state index in [0.717, 1.165) is 11.3 Å². The zero-order valence-electron chi connectivity index (χ0n) is 11.5. The van der Waals surface area contributed by atoms with Gasteiger partial charge in [0.25, 0.3) is 5.69 Å². The molecule has 0 amide bonds. The minimum Gasteiger partial charge on any atom is -0.496 e. The fourth-order valence-corrected chi connectivity index (χ4v) is 2.20. The third-order valence-corrected chi connectivity index (χ3v) is 3.30. The molecule has 0 fully saturated rings. The number of nitro groups is 1. The molecule has 2 rings (SSSR count). The number of benzene rings is 2. The van der Waals surface area contributed by atoms with Crippen molar-refractivity contribution in [1.29, 1.82) is 0 Å². The summed E-state index contributed by atoms with van der Waals surface area (Å²) < 4.78 is 5.26. The zero-order chi connectivity index (χ0) is 15.2. The Morgan fingerprint density at radius 3 is 2.62 bits per heavy atom. The van der Waals surface area contributed by atoms with Crippen LogP contribution in [0.3, 0.4) is 0 Å². The molecule has 5 nitrogen and oxygen atoms in total. The number of para-hydroxylation sites is 1. The van der Waals surface area contributed by atoms with E-state index in [1.54, 1.807) is 19.2 Å². The van der Waals surface area contributed by atoms with Crippen LogP contribution in [0.15, 0.2) is 42.5 Å². The van der Waals surface area contributed by atoms with Gasteiger partial charge in [-0.05, 0) is 18.2 Å². The first-order valence-corrected chi connectivity index (χ1v) is 6.75. The lowest BCUT2D eigenvalue weighted by atomic mass is 10.1. The average molecular weight is 307 g/mol. The predicted molar refractivity (Wildman–Crippen MR) is 81.6 cm³/mol. The van der Waals surface area contributed by atoms with Crippen molar-refractivity contribution in [3.05, 3.63) is 68.7 Å². The van der Waals surface area contributed by atoms with Crippen LogP contribution in [0, 0.1) is 10.1 Å². The predicted octanol–water partition coefficient (Wildman–Crippen LogP) is 3.55. The van der Waals surface area contributed by atoms with Gasteiger partial charge in [0.2, 0.25) is 0 Å². The number of nitrogens with one attached hydrogen (secondary N) is 1. The molecule has 0 aliphatic heterocycles. The van der Waals surface area contributed by atoms with Crippen molar-refractivity contribution in [2.45, 2.75) is 13.1 Å². The molecule has 0 unspecified atom stereocenters. The average Bonchev–Trinajstić information content (AvgIpc) is 2.49. The van der Waals surface area contributed by atoms with E-state index in [4.69, 9.17) is 16.3 Å². The van der Waals surface area contributed by atoms with Crippen molar-refractivity contribution in [2.24, 2.45) is 0 Å². The number of hydrogen-bond donors (Lipinski definition) is 1. The molecule has 0 saturated heterocycles. The normalized spacial score (nSPS) is 10.4. The van der Waals surface area contributed by atoms with E-state index in [-0.39, 0.29) is 5.69 Å². The summed E-state index contributed by atoms with van der Waals surface area (Å²) in [7, 11) is 1.61. The first kappa shape index (κ1) is 15.3. The Labute approximate surface area is 127 Å². The maximum Gasteiger partial charge on any atom is 0.275 e. The van der Waals surface area contributed by atoms with E-state index in [1.807, 2.05) is 24.3 Å². The highest BCUT2D eigenvalue weighted by atomic mass is 35.5. The maximum atomic E-state index is 11.0. The van der Waals surface area contributed by atoms with Crippen LogP contribution in [-0.2, 0) is 13.1 Å². The van der Waals surface area contributed by atoms with Crippen molar-refractivity contribution < 1.29 is 9.66 Å². The Hall–Kier alpha value is -2.11. The third kappa shape index (κ3) is 3.93. The highest BCUT2D eigenvalue weighted by Crippen LogP contribution is 2.23. The van der Waals surface area contributed by atoms with Gasteiger partial charge in [0.05, 0.1) is 12.0 Å². The van der Waals surface area contributed by atoms with Crippen molar-refractivity contribution in [3.8, 4) is 5.75 Å². The van der Waals surface area contributed by atoms with Crippen molar-refractivity contribution >= 4 is 17.3 Å². The minimum atomic E-state index is -0.425. The Bertz CT molecular complexity index is 647. The van der Waals surface area contributed by atoms with Gasteiger partial charge in [0.15, 0.2) is 0 Å². The third-order valence-electron chi connectivity index (χ3n) is 3.07. The Morgan fingerprint density at radius 1 is 1.19 bits per heavy atom. The van der Waals surface area contributed by atoms with Crippen molar-refractivity contribution in [1.82, 2.24) is 5.32 Å². The van der Waals surface area contributed by atoms with E-state index in [1.165, 1.54) is 6.07 Å². The maximum absolute atomic E-state index is 11.0. The lowest BCUT2D eigenvalue weighted by molar-refractivity contribution is -0.385. The SMILES string of the molecule is COc1ccccc1CNCc1ccc(Cl)cc1[N+](=O)[O-]. The number of nitrogens with zero attached hydrogens (tertiary/aromatic N) is 1. The summed E-state index contributed by atoms with van der Waals surface area (Å²) in [4.78, 5) is 10.6. The minimum absolute atomic E-state index is 0.0232. The number of nitro benzene ring substituents is 1. The highest BCUT2D eigenvalue weighted by Gasteiger charge is 2.13. The Morgan fingerprint density at radius 2 is 1.90 bits per heavy atom. The Kier molecular flexibility index (Phi) is 5.14. The fraction of sp³-hybridized carbons (Fsp3) is 0.200. The number of hydrogen-bond acceptors (Lipinski definition) is 4. The van der Waals surface area contributed by atoms with E-state index in [0.29, 0.717) is 23.7 Å². The lowest BCUT2D eigenvalue weighted by Crippen LogP contribution is -2.14. The molecular formula is C15H15ClN2O3. The molecular weight excluding hydrogens is 292 g/mol. The molecule has 110 valence electrons. The molecule has 0 spiro atoms. The second-order valence-corrected chi connectivity index (χ2v) is 4.88. The first-order chi connectivity index (χ1) is 10.1. The molecule has 0 heterocycles. The largest absolute Gasteiger partial charge is 0.496 e. The van der Waals surface area contributed by atoms with Crippen molar-refractivity contribution in [3.63, 3.8) is 0 Å². The van der Waals surface area contributed by atoms with Gasteiger partial charge < -0.3 is 10.1 Å². The van der Waals surface area contributed by atoms with Gasteiger partial charge >= 0.3 is 0 Å². The van der Waals surface area contributed by atoms with Gasteiger partial charge in [-0.3, -0.25) is 10.1 Å². The monoisotopic (exact) mass is 306 g/mol. The van der Waals surface area contributed by atoms with Crippen LogP contribution in [0.2, 0.25) is 5.02 Å². The summed E-state index contributed by atoms with van der Waals surface area (Å²) in [6, 6.07) is 12.3. The molecule has 0 radical (unpaired) electrons. The second kappa shape index (κ2) is 7.06. The van der Waals surface area contributed by atoms with Crippen LogP contribution in [0.1, 0.15) is 11.1 Å². The number of methoxy groups -OCH3 is 1. The van der Waals surface area contributed by atoms with Gasteiger partial charge in [-0.2, -0.15) is 0 Å². The van der Waals surface area contributed by atoms with Crippen LogP contribution >= 0.6 is 11.6 Å². The molecule has 0 bridgehead atoms. The van der Waals surface area contributed by atoms with Crippen LogP contribution in [-0.4, -0.2) is 12.0 Å². The van der Waals surface area contributed by atoms with Crippen LogP contribution in [0.5, 0.6) is 5.75 Å². The second-order valence-electron chi connectivity index (χ2n) is 4.45. The number of rotatable bonds is 6. The fourth-order valence-electron chi connectivity index (χ4n) is 2.04. The van der Waals surface area contributed by atoms with Crippen LogP contribution in [0.4, 0.5) is 5.69 Å². The summed E-state index contributed by atoms with van der Waals surface area (Å²) in [5.74, 6) is 0.788. The molecule has 2 aromatic rings. The van der Waals surface area contributed by atoms with Crippen LogP contribution < -0.4 is 10.1 Å². The molecule has 0 aromatic heterocycles. The van der Waals surface area contributed by atoms with Crippen LogP contribution in [0.25, 0.3) is 0 Å². The molecule has 6 heteroatoms. The number of ether oxygens (including phenoxy) is 1. The van der Waals surface area contributed by atoms with Gasteiger partial charge in [-0.15, -0.1) is 0 Å². The lowest BCUT2D eigenvalue weighted by Gasteiger charge is -2.09. The summed E-state index contributed by atoms with van der Waals surface area (Å²) in [5, 5.41) is 14.5. The molecule has 1 N–H and O–H groups in total. The van der Waals surface area contributed by atoms with E-state index in [9.17, 15) is 10.1 Å². The summed E-state index contributed by atoms with van der Waals surface area (Å²) in [6.07, 6.45) is 0. The van der Waals surface area contributed by atoms with E-state index in [2.05, 4.69) is 5.32 Å². The summed E-state index contributed by atoms with van der Waals surface area (Å²) >= 11 is 5.79. The standard InChI is InChI=1S/C15H15ClN2O3/c1-21-15-5-3-2-4-12(15)10-17-9-11-6-7-13(16)8-14(11)18(19)20/h2-8,17H,9-10H2,1H3. The highest BCUT2D eigenvalue weighted by molar-refractivity contribution is 6.30. The topological polar surface area (TPSA) is 64.4 Å². The molecule has 0 saturated carbocycles. The molecule has 2 aromatic carbocycles. The van der Waals surface area contributed by atoms with E-state index < -0.39 is 4.92 Å². The van der Waals surface area contributed by atoms with Gasteiger partial charge in [-0.25, -0.2) is 0 Å². The molecule has 21 heavy (non-hydrogen) atoms. The molecule has 0 aliphatic carbocycles. The zero-order valence-corrected chi connectivity index (χ0v) is 12.3. The summed E-state index contributed by atoms with van der Waals surface area (Å²) in [5.41, 5.74) is 1.62. The smallest absolute Gasteiger partial charge is 0.275 e. The van der Waals surface area contributed by atoms with Crippen molar-refractivity contribution in [2.75, 3.05) is 7.11 Å².